The van der Waals surface area contributed by atoms with Gasteiger partial charge in [0.2, 0.25) is 0 Å². The van der Waals surface area contributed by atoms with Crippen molar-refractivity contribution in [2.24, 2.45) is 0 Å². The monoisotopic (exact) mass is 411 g/mol. The summed E-state index contributed by atoms with van der Waals surface area (Å²) in [5, 5.41) is 12.3. The number of aryl methyl sites for hydroxylation is 2. The third-order valence-corrected chi connectivity index (χ3v) is 7.31. The Balaban J connectivity index is 1.55. The van der Waals surface area contributed by atoms with Crippen molar-refractivity contribution in [3.63, 3.8) is 0 Å². The second-order valence-corrected chi connectivity index (χ2v) is 10.9. The van der Waals surface area contributed by atoms with Gasteiger partial charge in [-0.2, -0.15) is 0 Å². The van der Waals surface area contributed by atoms with Crippen LogP contribution in [0.4, 0.5) is 0 Å². The average molecular weight is 412 g/mol. The summed E-state index contributed by atoms with van der Waals surface area (Å²) in [5.41, 5.74) is 5.80. The van der Waals surface area contributed by atoms with E-state index in [0.717, 1.165) is 23.2 Å². The highest BCUT2D eigenvalue weighted by atomic mass is 32.2. The molecule has 2 aromatic heterocycles. The molecule has 1 fully saturated rings. The molecule has 0 N–H and O–H groups in total. The molecule has 28 heavy (non-hydrogen) atoms. The summed E-state index contributed by atoms with van der Waals surface area (Å²) in [4.78, 5) is 1.36. The van der Waals surface area contributed by atoms with Crippen LogP contribution in [0.25, 0.3) is 0 Å². The van der Waals surface area contributed by atoms with Gasteiger partial charge in [0, 0.05) is 23.1 Å². The highest BCUT2D eigenvalue weighted by Gasteiger charge is 2.30. The predicted molar refractivity (Wildman–Crippen MR) is 120 cm³/mol. The topological polar surface area (TPSA) is 30.7 Å². The summed E-state index contributed by atoms with van der Waals surface area (Å²) >= 11 is 3.63. The van der Waals surface area contributed by atoms with E-state index in [2.05, 4.69) is 79.0 Å². The van der Waals surface area contributed by atoms with Crippen molar-refractivity contribution in [3.05, 3.63) is 62.6 Å². The number of rotatable bonds is 6. The van der Waals surface area contributed by atoms with Crippen LogP contribution in [0.3, 0.4) is 0 Å². The van der Waals surface area contributed by atoms with Crippen LogP contribution in [0.2, 0.25) is 0 Å². The van der Waals surface area contributed by atoms with Crippen molar-refractivity contribution in [1.82, 2.24) is 14.8 Å². The van der Waals surface area contributed by atoms with E-state index in [4.69, 9.17) is 0 Å². The first kappa shape index (κ1) is 19.7. The zero-order valence-electron chi connectivity index (χ0n) is 17.5. The molecule has 3 nitrogen and oxygen atoms in total. The number of hydrogen-bond acceptors (Lipinski definition) is 4. The van der Waals surface area contributed by atoms with Gasteiger partial charge >= 0.3 is 0 Å². The molecule has 0 amide bonds. The molecule has 0 spiro atoms. The van der Waals surface area contributed by atoms with Gasteiger partial charge in [-0.3, -0.25) is 0 Å². The van der Waals surface area contributed by atoms with Crippen molar-refractivity contribution < 1.29 is 0 Å². The number of thioether (sulfide) groups is 1. The van der Waals surface area contributed by atoms with E-state index in [1.165, 1.54) is 40.0 Å². The van der Waals surface area contributed by atoms with Crippen molar-refractivity contribution in [1.29, 1.82) is 0 Å². The second-order valence-electron chi connectivity index (χ2n) is 8.88. The Morgan fingerprint density at radius 3 is 2.43 bits per heavy atom. The van der Waals surface area contributed by atoms with E-state index >= 15 is 0 Å². The Labute approximate surface area is 176 Å². The minimum absolute atomic E-state index is 0.185. The van der Waals surface area contributed by atoms with Crippen molar-refractivity contribution in [3.8, 4) is 0 Å². The average Bonchev–Trinajstić information content (AvgIpc) is 3.17. The molecule has 5 heteroatoms. The molecule has 4 rings (SSSR count). The van der Waals surface area contributed by atoms with Gasteiger partial charge in [-0.25, -0.2) is 0 Å². The van der Waals surface area contributed by atoms with Crippen LogP contribution in [-0.4, -0.2) is 14.8 Å². The number of aromatic nitrogens is 3. The molecular weight excluding hydrogens is 382 g/mol. The zero-order valence-corrected chi connectivity index (χ0v) is 19.1. The van der Waals surface area contributed by atoms with E-state index in [9.17, 15) is 0 Å². The van der Waals surface area contributed by atoms with Crippen molar-refractivity contribution in [2.75, 3.05) is 0 Å². The third-order valence-electron chi connectivity index (χ3n) is 5.47. The van der Waals surface area contributed by atoms with E-state index in [-0.39, 0.29) is 5.41 Å². The molecule has 3 aromatic rings. The maximum atomic E-state index is 4.57. The maximum Gasteiger partial charge on any atom is 0.191 e. The fourth-order valence-corrected chi connectivity index (χ4v) is 5.51. The van der Waals surface area contributed by atoms with Gasteiger partial charge in [0.1, 0.15) is 5.82 Å². The second kappa shape index (κ2) is 7.68. The van der Waals surface area contributed by atoms with Crippen LogP contribution in [0.1, 0.15) is 72.6 Å². The van der Waals surface area contributed by atoms with Gasteiger partial charge < -0.3 is 4.57 Å². The highest BCUT2D eigenvalue weighted by molar-refractivity contribution is 7.98. The number of thiophene rings is 1. The van der Waals surface area contributed by atoms with Gasteiger partial charge in [0.25, 0.3) is 0 Å². The Morgan fingerprint density at radius 1 is 1.14 bits per heavy atom. The van der Waals surface area contributed by atoms with Crippen molar-refractivity contribution >= 4 is 23.1 Å². The van der Waals surface area contributed by atoms with Gasteiger partial charge in [-0.05, 0) is 65.8 Å². The minimum Gasteiger partial charge on any atom is -0.303 e. The Morgan fingerprint density at radius 2 is 1.86 bits per heavy atom. The summed E-state index contributed by atoms with van der Waals surface area (Å²) in [7, 11) is 0. The molecule has 1 aliphatic carbocycles. The van der Waals surface area contributed by atoms with E-state index < -0.39 is 0 Å². The first-order valence-electron chi connectivity index (χ1n) is 10.0. The lowest BCUT2D eigenvalue weighted by molar-refractivity contribution is 0.589. The molecular formula is C23H29N3S2. The SMILES string of the molecule is Cc1cc(C(C)(C)C)cc(C)c1CSc1nnc(Cc2cccs2)n1C1CC1. The van der Waals surface area contributed by atoms with Crippen LogP contribution in [0, 0.1) is 13.8 Å². The van der Waals surface area contributed by atoms with Crippen LogP contribution < -0.4 is 0 Å². The number of hydrogen-bond donors (Lipinski definition) is 0. The van der Waals surface area contributed by atoms with E-state index in [1.54, 1.807) is 11.3 Å². The molecule has 1 saturated carbocycles. The molecule has 1 aromatic carbocycles. The van der Waals surface area contributed by atoms with Gasteiger partial charge in [0.15, 0.2) is 5.16 Å². The van der Waals surface area contributed by atoms with Crippen LogP contribution in [-0.2, 0) is 17.6 Å². The minimum atomic E-state index is 0.185. The van der Waals surface area contributed by atoms with Gasteiger partial charge in [-0.15, -0.1) is 21.5 Å². The number of benzene rings is 1. The van der Waals surface area contributed by atoms with Crippen LogP contribution in [0.5, 0.6) is 0 Å². The quantitative estimate of drug-likeness (QED) is 0.435. The summed E-state index contributed by atoms with van der Waals surface area (Å²) in [6, 6.07) is 9.61. The Hall–Kier alpha value is -1.59. The fraction of sp³-hybridized carbons (Fsp3) is 0.478. The molecule has 2 heterocycles. The molecule has 0 saturated heterocycles. The van der Waals surface area contributed by atoms with E-state index in [1.807, 2.05) is 11.8 Å². The largest absolute Gasteiger partial charge is 0.303 e. The van der Waals surface area contributed by atoms with Crippen LogP contribution >= 0.6 is 23.1 Å². The van der Waals surface area contributed by atoms with Gasteiger partial charge in [-0.1, -0.05) is 50.7 Å². The lowest BCUT2D eigenvalue weighted by Crippen LogP contribution is -2.12. The highest BCUT2D eigenvalue weighted by Crippen LogP contribution is 2.40. The molecule has 1 aliphatic rings. The maximum absolute atomic E-state index is 4.57. The summed E-state index contributed by atoms with van der Waals surface area (Å²) in [6.45, 7) is 11.3. The lowest BCUT2D eigenvalue weighted by atomic mass is 9.84. The molecule has 0 aliphatic heterocycles. The lowest BCUT2D eigenvalue weighted by Gasteiger charge is -2.22. The summed E-state index contributed by atoms with van der Waals surface area (Å²) < 4.78 is 2.40. The van der Waals surface area contributed by atoms with Gasteiger partial charge in [0.05, 0.1) is 0 Å². The summed E-state index contributed by atoms with van der Waals surface area (Å²) in [6.07, 6.45) is 3.39. The molecule has 0 unspecified atom stereocenters. The zero-order chi connectivity index (χ0) is 19.9. The Bertz CT molecular complexity index is 937. The van der Waals surface area contributed by atoms with E-state index in [0.29, 0.717) is 6.04 Å². The molecule has 0 atom stereocenters. The predicted octanol–water partition coefficient (Wildman–Crippen LogP) is 6.47. The molecule has 0 radical (unpaired) electrons. The van der Waals surface area contributed by atoms with Crippen molar-refractivity contribution in [2.45, 2.75) is 76.2 Å². The van der Waals surface area contributed by atoms with Crippen LogP contribution in [0.15, 0.2) is 34.8 Å². The number of nitrogens with zero attached hydrogens (tertiary/aromatic N) is 3. The first-order valence-corrected chi connectivity index (χ1v) is 11.9. The molecule has 148 valence electrons. The fourth-order valence-electron chi connectivity index (χ4n) is 3.59. The smallest absolute Gasteiger partial charge is 0.191 e. The molecule has 0 bridgehead atoms. The normalized spacial score (nSPS) is 14.6. The third kappa shape index (κ3) is 4.20. The first-order chi connectivity index (χ1) is 13.3. The Kier molecular flexibility index (Phi) is 5.41. The standard InChI is InChI=1S/C23H29N3S2/c1-15-11-17(23(3,4)5)12-16(2)20(15)14-28-22-25-24-21(26(22)18-8-9-18)13-19-7-6-10-27-19/h6-7,10-12,18H,8-9,13-14H2,1-5H3. The summed E-state index contributed by atoms with van der Waals surface area (Å²) in [5.74, 6) is 2.07.